The zero-order valence-electron chi connectivity index (χ0n) is 20.7. The Morgan fingerprint density at radius 2 is 2.08 bits per heavy atom. The lowest BCUT2D eigenvalue weighted by atomic mass is 9.85. The molecule has 3 aromatic rings. The Morgan fingerprint density at radius 1 is 1.30 bits per heavy atom. The maximum absolute atomic E-state index is 13.8. The topological polar surface area (TPSA) is 145 Å². The Labute approximate surface area is 218 Å². The van der Waals surface area contributed by atoms with Crippen LogP contribution < -0.4 is 11.1 Å². The predicted octanol–water partition coefficient (Wildman–Crippen LogP) is 2.66. The monoisotopic (exact) mass is 523 g/mol. The summed E-state index contributed by atoms with van der Waals surface area (Å²) < 4.78 is 6.41. The standard InChI is InChI=1S/C25H29N7O4S/c1-15-4-3-5-16(10-15)18(28-24(26)35)11-22(33)32-17-6-8-25(32,9-7-17)20-12-31(30-29-20)13-21-27-19(14-37-21)23(34)36-2/h3-5,10,12,14,17-18H,6-9,11,13H2,1-2H3,(H3,26,28,35). The number of rotatable bonds is 8. The molecule has 0 spiro atoms. The summed E-state index contributed by atoms with van der Waals surface area (Å²) in [5.41, 5.74) is 7.82. The third-order valence-corrected chi connectivity index (χ3v) is 8.11. The number of aryl methyl sites for hydroxylation is 1. The molecule has 3 amide bonds. The fourth-order valence-corrected chi connectivity index (χ4v) is 6.40. The molecule has 2 aliphatic heterocycles. The summed E-state index contributed by atoms with van der Waals surface area (Å²) >= 11 is 1.35. The van der Waals surface area contributed by atoms with E-state index >= 15 is 0 Å². The molecule has 1 unspecified atom stereocenters. The Kier molecular flexibility index (Phi) is 6.67. The second kappa shape index (κ2) is 9.92. The van der Waals surface area contributed by atoms with Gasteiger partial charge in [-0.05, 0) is 38.2 Å². The number of hydrogen-bond acceptors (Lipinski definition) is 8. The molecule has 3 N–H and O–H groups in total. The van der Waals surface area contributed by atoms with Crippen LogP contribution in [0.15, 0.2) is 35.8 Å². The van der Waals surface area contributed by atoms with E-state index in [-0.39, 0.29) is 24.1 Å². The van der Waals surface area contributed by atoms with Crippen molar-refractivity contribution in [3.05, 3.63) is 63.4 Å². The summed E-state index contributed by atoms with van der Waals surface area (Å²) in [5.74, 6) is -0.523. The van der Waals surface area contributed by atoms with Crippen LogP contribution >= 0.6 is 11.3 Å². The molecular formula is C25H29N7O4S. The first-order chi connectivity index (χ1) is 17.8. The summed E-state index contributed by atoms with van der Waals surface area (Å²) in [4.78, 5) is 43.5. The summed E-state index contributed by atoms with van der Waals surface area (Å²) in [5, 5.41) is 13.9. The van der Waals surface area contributed by atoms with Gasteiger partial charge in [-0.15, -0.1) is 16.4 Å². The zero-order valence-corrected chi connectivity index (χ0v) is 21.5. The van der Waals surface area contributed by atoms with Crippen LogP contribution in [0.2, 0.25) is 0 Å². The molecule has 2 fully saturated rings. The molecule has 0 aliphatic carbocycles. The average molecular weight is 524 g/mol. The highest BCUT2D eigenvalue weighted by atomic mass is 32.1. The molecule has 2 saturated heterocycles. The molecule has 12 heteroatoms. The van der Waals surface area contributed by atoms with Crippen molar-refractivity contribution in [3.8, 4) is 0 Å². The lowest BCUT2D eigenvalue weighted by Gasteiger charge is -2.34. The van der Waals surface area contributed by atoms with Gasteiger partial charge in [0.2, 0.25) is 5.91 Å². The fraction of sp³-hybridized carbons (Fsp3) is 0.440. The largest absolute Gasteiger partial charge is 0.464 e. The summed E-state index contributed by atoms with van der Waals surface area (Å²) in [7, 11) is 1.32. The highest BCUT2D eigenvalue weighted by molar-refractivity contribution is 7.09. The molecule has 2 aromatic heterocycles. The number of amides is 3. The van der Waals surface area contributed by atoms with Gasteiger partial charge >= 0.3 is 12.0 Å². The van der Waals surface area contributed by atoms with Crippen LogP contribution in [0, 0.1) is 6.92 Å². The van der Waals surface area contributed by atoms with Gasteiger partial charge in [0.15, 0.2) is 5.69 Å². The summed E-state index contributed by atoms with van der Waals surface area (Å²) in [6.07, 6.45) is 5.38. The van der Waals surface area contributed by atoms with E-state index in [0.29, 0.717) is 11.6 Å². The Morgan fingerprint density at radius 3 is 2.78 bits per heavy atom. The van der Waals surface area contributed by atoms with E-state index in [2.05, 4.69) is 20.6 Å². The molecule has 11 nitrogen and oxygen atoms in total. The maximum Gasteiger partial charge on any atom is 0.357 e. The number of benzene rings is 1. The van der Waals surface area contributed by atoms with Crippen molar-refractivity contribution < 1.29 is 19.1 Å². The van der Waals surface area contributed by atoms with Gasteiger partial charge < -0.3 is 20.7 Å². The number of ether oxygens (including phenoxy) is 1. The number of nitrogens with two attached hydrogens (primary N) is 1. The number of methoxy groups -OCH3 is 1. The molecule has 1 atom stereocenters. The van der Waals surface area contributed by atoms with Crippen LogP contribution in [0.1, 0.15) is 70.5 Å². The van der Waals surface area contributed by atoms with Crippen LogP contribution in [0.25, 0.3) is 0 Å². The zero-order chi connectivity index (χ0) is 26.2. The highest BCUT2D eigenvalue weighted by Crippen LogP contribution is 2.52. The number of nitrogens with one attached hydrogen (secondary N) is 1. The number of esters is 1. The van der Waals surface area contributed by atoms with Gasteiger partial charge in [0, 0.05) is 11.4 Å². The van der Waals surface area contributed by atoms with Crippen molar-refractivity contribution in [2.24, 2.45) is 5.73 Å². The normalized spacial score (nSPS) is 21.1. The van der Waals surface area contributed by atoms with Crippen molar-refractivity contribution in [2.75, 3.05) is 7.11 Å². The maximum atomic E-state index is 13.8. The summed E-state index contributed by atoms with van der Waals surface area (Å²) in [6, 6.07) is 6.66. The minimum Gasteiger partial charge on any atom is -0.464 e. The van der Waals surface area contributed by atoms with E-state index in [4.69, 9.17) is 10.5 Å². The average Bonchev–Trinajstić information content (AvgIpc) is 3.67. The molecule has 2 bridgehead atoms. The predicted molar refractivity (Wildman–Crippen MR) is 135 cm³/mol. The van der Waals surface area contributed by atoms with Gasteiger partial charge in [0.1, 0.15) is 10.7 Å². The van der Waals surface area contributed by atoms with Crippen molar-refractivity contribution in [1.29, 1.82) is 0 Å². The van der Waals surface area contributed by atoms with Gasteiger partial charge in [-0.25, -0.2) is 19.3 Å². The molecule has 0 saturated carbocycles. The molecule has 5 rings (SSSR count). The third-order valence-electron chi connectivity index (χ3n) is 7.28. The van der Waals surface area contributed by atoms with Gasteiger partial charge in [-0.2, -0.15) is 0 Å². The second-order valence-electron chi connectivity index (χ2n) is 9.63. The van der Waals surface area contributed by atoms with Crippen molar-refractivity contribution in [2.45, 2.75) is 63.2 Å². The van der Waals surface area contributed by atoms with Crippen molar-refractivity contribution in [3.63, 3.8) is 0 Å². The first kappa shape index (κ1) is 24.9. The molecule has 37 heavy (non-hydrogen) atoms. The molecule has 194 valence electrons. The van der Waals surface area contributed by atoms with Gasteiger partial charge in [0.25, 0.3) is 0 Å². The lowest BCUT2D eigenvalue weighted by molar-refractivity contribution is -0.136. The van der Waals surface area contributed by atoms with Crippen molar-refractivity contribution in [1.82, 2.24) is 30.2 Å². The second-order valence-corrected chi connectivity index (χ2v) is 10.6. The minimum atomic E-state index is -0.668. The first-order valence-corrected chi connectivity index (χ1v) is 13.0. The number of urea groups is 1. The van der Waals surface area contributed by atoms with E-state index in [1.807, 2.05) is 42.3 Å². The third kappa shape index (κ3) is 4.80. The van der Waals surface area contributed by atoms with Crippen LogP contribution in [-0.2, 0) is 21.6 Å². The smallest absolute Gasteiger partial charge is 0.357 e. The Bertz CT molecular complexity index is 1330. The van der Waals surface area contributed by atoms with Gasteiger partial charge in [-0.3, -0.25) is 4.79 Å². The highest BCUT2D eigenvalue weighted by Gasteiger charge is 2.56. The number of carbonyl (C=O) groups is 3. The number of fused-ring (bicyclic) bond motifs is 2. The molecular weight excluding hydrogens is 494 g/mol. The van der Waals surface area contributed by atoms with Crippen LogP contribution in [0.5, 0.6) is 0 Å². The number of nitrogens with zero attached hydrogens (tertiary/aromatic N) is 5. The number of primary amides is 1. The first-order valence-electron chi connectivity index (χ1n) is 12.2. The summed E-state index contributed by atoms with van der Waals surface area (Å²) in [6.45, 7) is 2.33. The lowest BCUT2D eigenvalue weighted by Crippen LogP contribution is -2.45. The van der Waals surface area contributed by atoms with E-state index in [0.717, 1.165) is 42.5 Å². The number of carbonyl (C=O) groups excluding carboxylic acids is 3. The van der Waals surface area contributed by atoms with E-state index in [1.165, 1.54) is 18.4 Å². The Balaban J connectivity index is 1.36. The van der Waals surface area contributed by atoms with Crippen molar-refractivity contribution >= 4 is 29.2 Å². The van der Waals surface area contributed by atoms with Crippen LogP contribution in [0.4, 0.5) is 4.79 Å². The quantitative estimate of drug-likeness (QED) is 0.432. The molecule has 4 heterocycles. The van der Waals surface area contributed by atoms with E-state index in [9.17, 15) is 14.4 Å². The minimum absolute atomic E-state index is 0.0440. The van der Waals surface area contributed by atoms with Crippen LogP contribution in [-0.4, -0.2) is 55.9 Å². The number of hydrogen-bond donors (Lipinski definition) is 2. The van der Waals surface area contributed by atoms with Gasteiger partial charge in [-0.1, -0.05) is 35.0 Å². The SMILES string of the molecule is COC(=O)c1csc(Cn2cc(C34CCC(CC3)N4C(=O)CC(NC(N)=O)c3cccc(C)c3)nn2)n1. The number of aromatic nitrogens is 4. The van der Waals surface area contributed by atoms with Gasteiger partial charge in [0.05, 0.1) is 37.9 Å². The molecule has 1 aromatic carbocycles. The molecule has 2 aliphatic rings. The molecule has 0 radical (unpaired) electrons. The van der Waals surface area contributed by atoms with Crippen LogP contribution in [0.3, 0.4) is 0 Å². The fourth-order valence-electron chi connectivity index (χ4n) is 5.64. The van der Waals surface area contributed by atoms with E-state index in [1.54, 1.807) is 10.1 Å². The Hall–Kier alpha value is -3.80. The number of thiazole rings is 1. The van der Waals surface area contributed by atoms with E-state index < -0.39 is 23.6 Å².